The van der Waals surface area contributed by atoms with Gasteiger partial charge in [-0.25, -0.2) is 4.79 Å². The Morgan fingerprint density at radius 1 is 1.31 bits per heavy atom. The lowest BCUT2D eigenvalue weighted by atomic mass is 10.0. The predicted molar refractivity (Wildman–Crippen MR) is 62.9 cm³/mol. The minimum absolute atomic E-state index is 0.322. The van der Waals surface area contributed by atoms with Crippen molar-refractivity contribution < 1.29 is 14.3 Å². The van der Waals surface area contributed by atoms with Crippen LogP contribution < -0.4 is 4.74 Å². The summed E-state index contributed by atoms with van der Waals surface area (Å²) in [5.74, 6) is 0.320. The van der Waals surface area contributed by atoms with Crippen LogP contribution in [0.3, 0.4) is 0 Å². The Bertz CT molecular complexity index is 358. The van der Waals surface area contributed by atoms with Gasteiger partial charge in [0.1, 0.15) is 11.3 Å². The van der Waals surface area contributed by atoms with Crippen molar-refractivity contribution in [3.05, 3.63) is 29.3 Å². The predicted octanol–water partition coefficient (Wildman–Crippen LogP) is 2.82. The summed E-state index contributed by atoms with van der Waals surface area (Å²) in [5.41, 5.74) is 1.56. The Hall–Kier alpha value is -1.51. The Morgan fingerprint density at radius 2 is 2.06 bits per heavy atom. The lowest BCUT2D eigenvalue weighted by Gasteiger charge is -2.12. The molecular formula is C13H18O3. The average Bonchev–Trinajstić information content (AvgIpc) is 2.29. The standard InChI is InChI=1S/C13H18O3/c1-4-7-10-8-6-9-11(12(10)15-3)13(14)16-5-2/h6,8-9H,4-5,7H2,1-3H3. The van der Waals surface area contributed by atoms with Crippen molar-refractivity contribution >= 4 is 5.97 Å². The summed E-state index contributed by atoms with van der Waals surface area (Å²) in [7, 11) is 1.58. The van der Waals surface area contributed by atoms with Crippen LogP contribution in [0.5, 0.6) is 5.75 Å². The number of esters is 1. The number of aryl methyl sites for hydroxylation is 1. The maximum absolute atomic E-state index is 11.7. The molecule has 16 heavy (non-hydrogen) atoms. The van der Waals surface area contributed by atoms with Gasteiger partial charge in [-0.1, -0.05) is 25.5 Å². The van der Waals surface area contributed by atoms with E-state index in [0.717, 1.165) is 18.4 Å². The molecule has 0 amide bonds. The molecule has 1 rings (SSSR count). The highest BCUT2D eigenvalue weighted by molar-refractivity contribution is 5.93. The van der Waals surface area contributed by atoms with Crippen LogP contribution in [-0.2, 0) is 11.2 Å². The Kier molecular flexibility index (Phi) is 4.83. The molecular weight excluding hydrogens is 204 g/mol. The maximum atomic E-state index is 11.7. The average molecular weight is 222 g/mol. The van der Waals surface area contributed by atoms with E-state index in [9.17, 15) is 4.79 Å². The number of carbonyl (C=O) groups excluding carboxylic acids is 1. The van der Waals surface area contributed by atoms with Gasteiger partial charge in [0.25, 0.3) is 0 Å². The molecule has 3 heteroatoms. The van der Waals surface area contributed by atoms with Gasteiger partial charge >= 0.3 is 5.97 Å². The van der Waals surface area contributed by atoms with Gasteiger partial charge in [-0.3, -0.25) is 0 Å². The molecule has 0 unspecified atom stereocenters. The molecule has 0 aromatic heterocycles. The molecule has 0 radical (unpaired) electrons. The topological polar surface area (TPSA) is 35.5 Å². The summed E-state index contributed by atoms with van der Waals surface area (Å²) in [6.45, 7) is 4.26. The zero-order chi connectivity index (χ0) is 12.0. The molecule has 0 heterocycles. The second-order valence-corrected chi connectivity index (χ2v) is 3.47. The molecule has 3 nitrogen and oxygen atoms in total. The van der Waals surface area contributed by atoms with E-state index >= 15 is 0 Å². The fourth-order valence-corrected chi connectivity index (χ4v) is 1.66. The minimum atomic E-state index is -0.322. The molecule has 0 aliphatic heterocycles. The van der Waals surface area contributed by atoms with E-state index in [1.54, 1.807) is 20.1 Å². The van der Waals surface area contributed by atoms with Gasteiger partial charge in [-0.15, -0.1) is 0 Å². The van der Waals surface area contributed by atoms with Crippen LogP contribution in [0.15, 0.2) is 18.2 Å². The van der Waals surface area contributed by atoms with Crippen LogP contribution in [0.4, 0.5) is 0 Å². The fraction of sp³-hybridized carbons (Fsp3) is 0.462. The Balaban J connectivity index is 3.08. The molecule has 0 aliphatic carbocycles. The van der Waals surface area contributed by atoms with Crippen molar-refractivity contribution in [3.63, 3.8) is 0 Å². The fourth-order valence-electron chi connectivity index (χ4n) is 1.66. The van der Waals surface area contributed by atoms with Gasteiger partial charge in [0.15, 0.2) is 0 Å². The molecule has 0 atom stereocenters. The first-order chi connectivity index (χ1) is 7.74. The van der Waals surface area contributed by atoms with Gasteiger partial charge in [0.2, 0.25) is 0 Å². The quantitative estimate of drug-likeness (QED) is 0.719. The van der Waals surface area contributed by atoms with E-state index < -0.39 is 0 Å². The first kappa shape index (κ1) is 12.6. The minimum Gasteiger partial charge on any atom is -0.496 e. The molecule has 0 fully saturated rings. The zero-order valence-corrected chi connectivity index (χ0v) is 10.1. The van der Waals surface area contributed by atoms with Crippen molar-refractivity contribution in [2.45, 2.75) is 26.7 Å². The summed E-state index contributed by atoms with van der Waals surface area (Å²) >= 11 is 0. The first-order valence-corrected chi connectivity index (χ1v) is 5.57. The number of ether oxygens (including phenoxy) is 2. The number of hydrogen-bond acceptors (Lipinski definition) is 3. The summed E-state index contributed by atoms with van der Waals surface area (Å²) < 4.78 is 10.3. The van der Waals surface area contributed by atoms with E-state index in [0.29, 0.717) is 17.9 Å². The highest BCUT2D eigenvalue weighted by atomic mass is 16.5. The van der Waals surface area contributed by atoms with Crippen LogP contribution >= 0.6 is 0 Å². The number of benzene rings is 1. The lowest BCUT2D eigenvalue weighted by molar-refractivity contribution is 0.0522. The molecule has 88 valence electrons. The van der Waals surface area contributed by atoms with Gasteiger partial charge in [0.05, 0.1) is 13.7 Å². The number of methoxy groups -OCH3 is 1. The highest BCUT2D eigenvalue weighted by Crippen LogP contribution is 2.25. The van der Waals surface area contributed by atoms with Crippen LogP contribution in [-0.4, -0.2) is 19.7 Å². The molecule has 0 saturated carbocycles. The van der Waals surface area contributed by atoms with Crippen molar-refractivity contribution in [3.8, 4) is 5.75 Å². The molecule has 1 aromatic carbocycles. The van der Waals surface area contributed by atoms with E-state index in [2.05, 4.69) is 6.92 Å². The number of para-hydroxylation sites is 1. The van der Waals surface area contributed by atoms with Gasteiger partial charge in [-0.05, 0) is 25.0 Å². The van der Waals surface area contributed by atoms with Crippen molar-refractivity contribution in [1.29, 1.82) is 0 Å². The highest BCUT2D eigenvalue weighted by Gasteiger charge is 2.15. The molecule has 0 saturated heterocycles. The Labute approximate surface area is 96.4 Å². The van der Waals surface area contributed by atoms with Gasteiger partial charge in [0, 0.05) is 0 Å². The van der Waals surface area contributed by atoms with E-state index in [1.165, 1.54) is 0 Å². The monoisotopic (exact) mass is 222 g/mol. The molecule has 0 bridgehead atoms. The number of hydrogen-bond donors (Lipinski definition) is 0. The lowest BCUT2D eigenvalue weighted by Crippen LogP contribution is -2.08. The van der Waals surface area contributed by atoms with Crippen LogP contribution in [0.1, 0.15) is 36.2 Å². The molecule has 0 N–H and O–H groups in total. The van der Waals surface area contributed by atoms with Crippen molar-refractivity contribution in [2.24, 2.45) is 0 Å². The van der Waals surface area contributed by atoms with E-state index in [-0.39, 0.29) is 5.97 Å². The van der Waals surface area contributed by atoms with Gasteiger partial charge in [-0.2, -0.15) is 0 Å². The van der Waals surface area contributed by atoms with Crippen LogP contribution in [0.2, 0.25) is 0 Å². The second-order valence-electron chi connectivity index (χ2n) is 3.47. The van der Waals surface area contributed by atoms with Gasteiger partial charge < -0.3 is 9.47 Å². The second kappa shape index (κ2) is 6.16. The summed E-state index contributed by atoms with van der Waals surface area (Å²) in [5, 5.41) is 0. The summed E-state index contributed by atoms with van der Waals surface area (Å²) in [4.78, 5) is 11.7. The van der Waals surface area contributed by atoms with E-state index in [4.69, 9.17) is 9.47 Å². The SMILES string of the molecule is CCCc1cccc(C(=O)OCC)c1OC. The summed E-state index contributed by atoms with van der Waals surface area (Å²) in [6.07, 6.45) is 1.92. The third-order valence-electron chi connectivity index (χ3n) is 2.32. The number of rotatable bonds is 5. The largest absolute Gasteiger partial charge is 0.496 e. The molecule has 0 spiro atoms. The third kappa shape index (κ3) is 2.75. The van der Waals surface area contributed by atoms with E-state index in [1.807, 2.05) is 12.1 Å². The number of carbonyl (C=O) groups is 1. The first-order valence-electron chi connectivity index (χ1n) is 5.57. The smallest absolute Gasteiger partial charge is 0.341 e. The Morgan fingerprint density at radius 3 is 2.62 bits per heavy atom. The third-order valence-corrected chi connectivity index (χ3v) is 2.32. The van der Waals surface area contributed by atoms with Crippen molar-refractivity contribution in [1.82, 2.24) is 0 Å². The zero-order valence-electron chi connectivity index (χ0n) is 10.1. The molecule has 1 aromatic rings. The summed E-state index contributed by atoms with van der Waals surface area (Å²) in [6, 6.07) is 5.57. The molecule has 0 aliphatic rings. The normalized spacial score (nSPS) is 9.94. The maximum Gasteiger partial charge on any atom is 0.341 e. The van der Waals surface area contributed by atoms with Crippen molar-refractivity contribution in [2.75, 3.05) is 13.7 Å². The van der Waals surface area contributed by atoms with Crippen LogP contribution in [0, 0.1) is 0 Å². The van der Waals surface area contributed by atoms with Crippen LogP contribution in [0.25, 0.3) is 0 Å².